The van der Waals surface area contributed by atoms with Gasteiger partial charge in [-0.25, -0.2) is 4.98 Å². The van der Waals surface area contributed by atoms with Crippen LogP contribution in [0.3, 0.4) is 0 Å². The van der Waals surface area contributed by atoms with Crippen LogP contribution in [0.15, 0.2) is 6.07 Å². The van der Waals surface area contributed by atoms with Crippen molar-refractivity contribution >= 4 is 40.6 Å². The van der Waals surface area contributed by atoms with Crippen molar-refractivity contribution in [2.24, 2.45) is 0 Å². The molecule has 0 fully saturated rings. The maximum atomic E-state index is 5.97. The lowest BCUT2D eigenvalue weighted by Crippen LogP contribution is -2.20. The molecule has 0 saturated carbocycles. The Hall–Kier alpha value is -0.260. The number of halogens is 3. The summed E-state index contributed by atoms with van der Waals surface area (Å²) < 4.78 is 5.43. The molecule has 1 N–H and O–H groups in total. The molecule has 18 heavy (non-hydrogen) atoms. The van der Waals surface area contributed by atoms with Crippen LogP contribution in [0.4, 0.5) is 5.82 Å². The molecule has 0 amide bonds. The predicted octanol–water partition coefficient (Wildman–Crippen LogP) is 3.03. The summed E-state index contributed by atoms with van der Waals surface area (Å²) in [6.45, 7) is 2.77. The van der Waals surface area contributed by atoms with E-state index < -0.39 is 0 Å². The Labute approximate surface area is 122 Å². The minimum absolute atomic E-state index is 0.233. The molecule has 1 aromatic heterocycles. The van der Waals surface area contributed by atoms with E-state index in [0.29, 0.717) is 35.6 Å². The van der Waals surface area contributed by atoms with E-state index in [0.717, 1.165) is 6.54 Å². The zero-order valence-electron chi connectivity index (χ0n) is 10.3. The van der Waals surface area contributed by atoms with E-state index in [-0.39, 0.29) is 5.15 Å². The molecule has 0 aliphatic heterocycles. The first kappa shape index (κ1) is 15.8. The van der Waals surface area contributed by atoms with Crippen LogP contribution in [-0.2, 0) is 4.74 Å². The van der Waals surface area contributed by atoms with E-state index in [4.69, 9.17) is 39.5 Å². The third-order valence-electron chi connectivity index (χ3n) is 2.11. The van der Waals surface area contributed by atoms with Gasteiger partial charge in [-0.2, -0.15) is 0 Å². The number of nitrogens with one attached hydrogen (secondary N) is 1. The molecule has 0 spiro atoms. The van der Waals surface area contributed by atoms with Crippen LogP contribution in [-0.4, -0.2) is 50.3 Å². The normalized spacial score (nSPS) is 11.0. The molecule has 1 heterocycles. The number of anilines is 1. The van der Waals surface area contributed by atoms with Gasteiger partial charge in [0, 0.05) is 13.1 Å². The average Bonchev–Trinajstić information content (AvgIpc) is 2.29. The summed E-state index contributed by atoms with van der Waals surface area (Å²) in [5, 5.41) is 4.06. The smallest absolute Gasteiger partial charge is 0.150 e. The van der Waals surface area contributed by atoms with Crippen LogP contribution in [0.25, 0.3) is 0 Å². The Morgan fingerprint density at radius 1 is 1.22 bits per heavy atom. The average molecular weight is 313 g/mol. The standard InChI is InChI=1S/C11H16Cl3N3O/c1-17(2)4-6-18-5-3-15-11-9(13)7-8(12)10(14)16-11/h7H,3-6H2,1-2H3,(H,15,16). The maximum Gasteiger partial charge on any atom is 0.150 e. The van der Waals surface area contributed by atoms with Crippen molar-refractivity contribution in [3.05, 3.63) is 21.3 Å². The zero-order valence-corrected chi connectivity index (χ0v) is 12.6. The van der Waals surface area contributed by atoms with Gasteiger partial charge in [0.2, 0.25) is 0 Å². The molecule has 1 aromatic rings. The molecule has 0 saturated heterocycles. The maximum absolute atomic E-state index is 5.97. The Kier molecular flexibility index (Phi) is 7.04. The predicted molar refractivity (Wildman–Crippen MR) is 77.1 cm³/mol. The van der Waals surface area contributed by atoms with Crippen molar-refractivity contribution in [2.45, 2.75) is 0 Å². The molecule has 0 radical (unpaired) electrons. The van der Waals surface area contributed by atoms with Gasteiger partial charge >= 0.3 is 0 Å². The minimum atomic E-state index is 0.233. The fourth-order valence-corrected chi connectivity index (χ4v) is 1.72. The van der Waals surface area contributed by atoms with Crippen molar-refractivity contribution in [3.63, 3.8) is 0 Å². The van der Waals surface area contributed by atoms with E-state index >= 15 is 0 Å². The fourth-order valence-electron chi connectivity index (χ4n) is 1.16. The number of hydrogen-bond donors (Lipinski definition) is 1. The van der Waals surface area contributed by atoms with E-state index in [1.54, 1.807) is 6.07 Å². The molecule has 102 valence electrons. The van der Waals surface area contributed by atoms with Gasteiger partial charge < -0.3 is 15.0 Å². The van der Waals surface area contributed by atoms with Gasteiger partial charge in [0.1, 0.15) is 11.0 Å². The Morgan fingerprint density at radius 3 is 2.61 bits per heavy atom. The van der Waals surface area contributed by atoms with Gasteiger partial charge in [0.05, 0.1) is 23.3 Å². The molecule has 4 nitrogen and oxygen atoms in total. The van der Waals surface area contributed by atoms with Gasteiger partial charge in [-0.05, 0) is 20.2 Å². The highest BCUT2D eigenvalue weighted by atomic mass is 35.5. The molecule has 0 aliphatic carbocycles. The monoisotopic (exact) mass is 311 g/mol. The number of aromatic nitrogens is 1. The second kappa shape index (κ2) is 8.02. The molecule has 1 rings (SSSR count). The Bertz CT molecular complexity index is 388. The van der Waals surface area contributed by atoms with E-state index in [1.165, 1.54) is 0 Å². The molecule has 0 atom stereocenters. The molecule has 0 aliphatic rings. The summed E-state index contributed by atoms with van der Waals surface area (Å²) in [4.78, 5) is 6.11. The highest BCUT2D eigenvalue weighted by Crippen LogP contribution is 2.28. The van der Waals surface area contributed by atoms with Crippen LogP contribution in [0, 0.1) is 0 Å². The second-order valence-corrected chi connectivity index (χ2v) is 5.11. The topological polar surface area (TPSA) is 37.4 Å². The van der Waals surface area contributed by atoms with Gasteiger partial charge in [-0.3, -0.25) is 0 Å². The molecular weight excluding hydrogens is 296 g/mol. The second-order valence-electron chi connectivity index (χ2n) is 3.93. The van der Waals surface area contributed by atoms with Crippen LogP contribution >= 0.6 is 34.8 Å². The number of hydrogen-bond acceptors (Lipinski definition) is 4. The van der Waals surface area contributed by atoms with Crippen molar-refractivity contribution in [1.29, 1.82) is 0 Å². The number of pyridine rings is 1. The van der Waals surface area contributed by atoms with Crippen LogP contribution in [0.2, 0.25) is 15.2 Å². The quantitative estimate of drug-likeness (QED) is 0.620. The van der Waals surface area contributed by atoms with Gasteiger partial charge in [0.15, 0.2) is 0 Å². The third kappa shape index (κ3) is 5.59. The number of nitrogens with zero attached hydrogens (tertiary/aromatic N) is 2. The summed E-state index contributed by atoms with van der Waals surface area (Å²) in [6.07, 6.45) is 0. The highest BCUT2D eigenvalue weighted by Gasteiger charge is 2.06. The van der Waals surface area contributed by atoms with Crippen LogP contribution in [0.5, 0.6) is 0 Å². The minimum Gasteiger partial charge on any atom is -0.378 e. The molecule has 0 bridgehead atoms. The van der Waals surface area contributed by atoms with Crippen molar-refractivity contribution in [3.8, 4) is 0 Å². The molecule has 0 aromatic carbocycles. The lowest BCUT2D eigenvalue weighted by molar-refractivity contribution is 0.126. The SMILES string of the molecule is CN(C)CCOCCNc1nc(Cl)c(Cl)cc1Cl. The first-order valence-corrected chi connectivity index (χ1v) is 6.62. The van der Waals surface area contributed by atoms with Crippen molar-refractivity contribution in [2.75, 3.05) is 45.7 Å². The van der Waals surface area contributed by atoms with E-state index in [2.05, 4.69) is 15.2 Å². The molecule has 0 unspecified atom stereocenters. The van der Waals surface area contributed by atoms with E-state index in [1.807, 2.05) is 14.1 Å². The van der Waals surface area contributed by atoms with Crippen molar-refractivity contribution in [1.82, 2.24) is 9.88 Å². The first-order chi connectivity index (χ1) is 8.50. The third-order valence-corrected chi connectivity index (χ3v) is 3.07. The summed E-state index contributed by atoms with van der Waals surface area (Å²) >= 11 is 17.6. The van der Waals surface area contributed by atoms with Gasteiger partial charge in [-0.15, -0.1) is 0 Å². The Balaban J connectivity index is 2.29. The summed E-state index contributed by atoms with van der Waals surface area (Å²) in [6, 6.07) is 1.56. The highest BCUT2D eigenvalue weighted by molar-refractivity contribution is 6.42. The number of ether oxygens (including phenoxy) is 1. The largest absolute Gasteiger partial charge is 0.378 e. The van der Waals surface area contributed by atoms with Gasteiger partial charge in [-0.1, -0.05) is 34.8 Å². The fraction of sp³-hybridized carbons (Fsp3) is 0.545. The summed E-state index contributed by atoms with van der Waals surface area (Å²) in [7, 11) is 4.00. The molecule has 7 heteroatoms. The zero-order chi connectivity index (χ0) is 13.5. The lowest BCUT2D eigenvalue weighted by atomic mass is 10.4. The van der Waals surface area contributed by atoms with Gasteiger partial charge in [0.25, 0.3) is 0 Å². The van der Waals surface area contributed by atoms with Crippen molar-refractivity contribution < 1.29 is 4.74 Å². The Morgan fingerprint density at radius 2 is 1.94 bits per heavy atom. The number of likely N-dealkylation sites (N-methyl/N-ethyl adjacent to an activating group) is 1. The number of rotatable bonds is 7. The summed E-state index contributed by atoms with van der Waals surface area (Å²) in [5.74, 6) is 0.516. The first-order valence-electron chi connectivity index (χ1n) is 5.48. The van der Waals surface area contributed by atoms with Crippen LogP contribution < -0.4 is 5.32 Å². The summed E-state index contributed by atoms with van der Waals surface area (Å²) in [5.41, 5.74) is 0. The lowest BCUT2D eigenvalue weighted by Gasteiger charge is -2.11. The van der Waals surface area contributed by atoms with Crippen LogP contribution in [0.1, 0.15) is 0 Å². The van der Waals surface area contributed by atoms with E-state index in [9.17, 15) is 0 Å². The molecular formula is C11H16Cl3N3O.